The van der Waals surface area contributed by atoms with Gasteiger partial charge in [0.05, 0.1) is 12.8 Å². The van der Waals surface area contributed by atoms with Crippen LogP contribution in [0.4, 0.5) is 0 Å². The molecule has 2 N–H and O–H groups in total. The lowest BCUT2D eigenvalue weighted by Gasteiger charge is -2.21. The molecule has 2 rings (SSSR count). The van der Waals surface area contributed by atoms with E-state index in [0.717, 1.165) is 11.3 Å². The van der Waals surface area contributed by atoms with E-state index in [4.69, 9.17) is 10.2 Å². The lowest BCUT2D eigenvalue weighted by molar-refractivity contribution is -0.132. The smallest absolute Gasteiger partial charge is 0.224 e. The van der Waals surface area contributed by atoms with Gasteiger partial charge >= 0.3 is 0 Å². The Balaban J connectivity index is 2.07. The maximum Gasteiger partial charge on any atom is 0.224 e. The highest BCUT2D eigenvalue weighted by Gasteiger charge is 2.14. The minimum Gasteiger partial charge on any atom is -0.467 e. The van der Waals surface area contributed by atoms with E-state index in [1.807, 2.05) is 42.5 Å². The van der Waals surface area contributed by atoms with Crippen molar-refractivity contribution in [3.8, 4) is 0 Å². The van der Waals surface area contributed by atoms with Crippen molar-refractivity contribution in [1.82, 2.24) is 4.90 Å². The average Bonchev–Trinajstić information content (AvgIpc) is 2.92. The molecule has 1 amide bonds. The summed E-state index contributed by atoms with van der Waals surface area (Å²) >= 11 is 0. The number of hydrogen-bond acceptors (Lipinski definition) is 3. The van der Waals surface area contributed by atoms with Gasteiger partial charge in [0, 0.05) is 19.5 Å². The summed E-state index contributed by atoms with van der Waals surface area (Å²) in [6.45, 7) is 1.41. The van der Waals surface area contributed by atoms with E-state index in [9.17, 15) is 4.79 Å². The third kappa shape index (κ3) is 3.96. The normalized spacial score (nSPS) is 10.4. The Labute approximate surface area is 112 Å². The molecule has 4 heteroatoms. The van der Waals surface area contributed by atoms with E-state index in [2.05, 4.69) is 0 Å². The van der Waals surface area contributed by atoms with Crippen molar-refractivity contribution >= 4 is 5.91 Å². The first-order chi connectivity index (χ1) is 9.29. The molecule has 0 fully saturated rings. The van der Waals surface area contributed by atoms with Crippen molar-refractivity contribution in [2.75, 3.05) is 6.54 Å². The third-order valence-electron chi connectivity index (χ3n) is 2.85. The molecule has 1 aromatic heterocycles. The molecule has 19 heavy (non-hydrogen) atoms. The van der Waals surface area contributed by atoms with Crippen molar-refractivity contribution < 1.29 is 9.21 Å². The zero-order valence-corrected chi connectivity index (χ0v) is 10.8. The van der Waals surface area contributed by atoms with Gasteiger partial charge in [0.15, 0.2) is 0 Å². The molecule has 2 aromatic rings. The van der Waals surface area contributed by atoms with Crippen LogP contribution in [0.25, 0.3) is 0 Å². The highest BCUT2D eigenvalue weighted by Crippen LogP contribution is 2.11. The fourth-order valence-electron chi connectivity index (χ4n) is 1.91. The zero-order chi connectivity index (χ0) is 13.5. The van der Waals surface area contributed by atoms with Crippen LogP contribution in [0.5, 0.6) is 0 Å². The van der Waals surface area contributed by atoms with Gasteiger partial charge in [-0.15, -0.1) is 0 Å². The van der Waals surface area contributed by atoms with E-state index in [0.29, 0.717) is 26.1 Å². The van der Waals surface area contributed by atoms with Crippen molar-refractivity contribution in [1.29, 1.82) is 0 Å². The summed E-state index contributed by atoms with van der Waals surface area (Å²) in [6.07, 6.45) is 1.97. The molecule has 0 spiro atoms. The molecule has 0 unspecified atom stereocenters. The number of hydrogen-bond donors (Lipinski definition) is 1. The van der Waals surface area contributed by atoms with Crippen LogP contribution >= 0.6 is 0 Å². The lowest BCUT2D eigenvalue weighted by Crippen LogP contribution is -2.31. The van der Waals surface area contributed by atoms with Gasteiger partial charge in [-0.2, -0.15) is 0 Å². The van der Waals surface area contributed by atoms with Gasteiger partial charge in [0.1, 0.15) is 5.76 Å². The summed E-state index contributed by atoms with van der Waals surface area (Å²) in [4.78, 5) is 13.8. The molecule has 100 valence electrons. The first-order valence-corrected chi connectivity index (χ1v) is 6.33. The number of rotatable bonds is 6. The predicted molar refractivity (Wildman–Crippen MR) is 73.1 cm³/mol. The molecule has 0 bridgehead atoms. The van der Waals surface area contributed by atoms with Crippen molar-refractivity contribution in [3.05, 3.63) is 60.1 Å². The second kappa shape index (κ2) is 6.75. The van der Waals surface area contributed by atoms with E-state index >= 15 is 0 Å². The van der Waals surface area contributed by atoms with Crippen LogP contribution in [0.3, 0.4) is 0 Å². The van der Waals surface area contributed by atoms with Crippen molar-refractivity contribution in [2.45, 2.75) is 19.5 Å². The molecular weight excluding hydrogens is 240 g/mol. The molecule has 1 heterocycles. The Morgan fingerprint density at radius 3 is 2.53 bits per heavy atom. The van der Waals surface area contributed by atoms with Crippen LogP contribution in [0, 0.1) is 0 Å². The van der Waals surface area contributed by atoms with Crippen LogP contribution in [0.15, 0.2) is 53.1 Å². The summed E-state index contributed by atoms with van der Waals surface area (Å²) in [6, 6.07) is 13.6. The monoisotopic (exact) mass is 258 g/mol. The van der Waals surface area contributed by atoms with Crippen LogP contribution in [0.1, 0.15) is 17.7 Å². The molecule has 0 atom stereocenters. The Kier molecular flexibility index (Phi) is 4.75. The number of amides is 1. The molecular formula is C15H18N2O2. The minimum atomic E-state index is 0.0442. The summed E-state index contributed by atoms with van der Waals surface area (Å²) in [5.74, 6) is 0.823. The van der Waals surface area contributed by atoms with E-state index in [1.165, 1.54) is 0 Å². The zero-order valence-electron chi connectivity index (χ0n) is 10.8. The van der Waals surface area contributed by atoms with Crippen LogP contribution in [0.2, 0.25) is 0 Å². The molecule has 4 nitrogen and oxygen atoms in total. The molecule has 0 radical (unpaired) electrons. The molecule has 0 aliphatic carbocycles. The van der Waals surface area contributed by atoms with E-state index in [1.54, 1.807) is 11.2 Å². The van der Waals surface area contributed by atoms with Crippen LogP contribution in [-0.2, 0) is 17.9 Å². The van der Waals surface area contributed by atoms with Gasteiger partial charge in [0.25, 0.3) is 0 Å². The van der Waals surface area contributed by atoms with Crippen LogP contribution < -0.4 is 5.73 Å². The second-order valence-corrected chi connectivity index (χ2v) is 4.35. The second-order valence-electron chi connectivity index (χ2n) is 4.35. The minimum absolute atomic E-state index is 0.0442. The summed E-state index contributed by atoms with van der Waals surface area (Å²) in [7, 11) is 0. The van der Waals surface area contributed by atoms with Gasteiger partial charge in [-0.05, 0) is 17.7 Å². The number of nitrogens with two attached hydrogens (primary N) is 1. The average molecular weight is 258 g/mol. The summed E-state index contributed by atoms with van der Waals surface area (Å²) in [5, 5.41) is 0. The number of furan rings is 1. The topological polar surface area (TPSA) is 59.5 Å². The quantitative estimate of drug-likeness (QED) is 0.863. The Hall–Kier alpha value is -2.07. The third-order valence-corrected chi connectivity index (χ3v) is 2.85. The first-order valence-electron chi connectivity index (χ1n) is 6.33. The van der Waals surface area contributed by atoms with Gasteiger partial charge in [-0.1, -0.05) is 30.3 Å². The SMILES string of the molecule is NCCC(=O)N(Cc1ccccc1)Cc1ccco1. The molecule has 0 saturated heterocycles. The maximum atomic E-state index is 12.1. The standard InChI is InChI=1S/C15H18N2O2/c16-9-8-15(18)17(12-14-7-4-10-19-14)11-13-5-2-1-3-6-13/h1-7,10H,8-9,11-12,16H2. The summed E-state index contributed by atoms with van der Waals surface area (Å²) < 4.78 is 5.30. The number of nitrogens with zero attached hydrogens (tertiary/aromatic N) is 1. The van der Waals surface area contributed by atoms with Crippen molar-refractivity contribution in [2.24, 2.45) is 5.73 Å². The Morgan fingerprint density at radius 1 is 1.11 bits per heavy atom. The number of benzene rings is 1. The van der Waals surface area contributed by atoms with Gasteiger partial charge in [-0.25, -0.2) is 0 Å². The Bertz CT molecular complexity index is 494. The van der Waals surface area contributed by atoms with Crippen molar-refractivity contribution in [3.63, 3.8) is 0 Å². The van der Waals surface area contributed by atoms with E-state index < -0.39 is 0 Å². The molecule has 0 aliphatic heterocycles. The largest absolute Gasteiger partial charge is 0.467 e. The lowest BCUT2D eigenvalue weighted by atomic mass is 10.2. The molecule has 0 aliphatic rings. The van der Waals surface area contributed by atoms with Gasteiger partial charge < -0.3 is 15.1 Å². The molecule has 0 saturated carbocycles. The fourth-order valence-corrected chi connectivity index (χ4v) is 1.91. The fraction of sp³-hybridized carbons (Fsp3) is 0.267. The van der Waals surface area contributed by atoms with Crippen LogP contribution in [-0.4, -0.2) is 17.4 Å². The number of carbonyl (C=O) groups is 1. The molecule has 1 aromatic carbocycles. The highest BCUT2D eigenvalue weighted by atomic mass is 16.3. The highest BCUT2D eigenvalue weighted by molar-refractivity contribution is 5.76. The summed E-state index contributed by atoms with van der Waals surface area (Å²) in [5.41, 5.74) is 6.56. The predicted octanol–water partition coefficient (Wildman–Crippen LogP) is 2.16. The van der Waals surface area contributed by atoms with E-state index in [-0.39, 0.29) is 5.91 Å². The number of carbonyl (C=O) groups excluding carboxylic acids is 1. The van der Waals surface area contributed by atoms with Gasteiger partial charge in [-0.3, -0.25) is 4.79 Å². The Morgan fingerprint density at radius 2 is 1.89 bits per heavy atom. The van der Waals surface area contributed by atoms with Gasteiger partial charge in [0.2, 0.25) is 5.91 Å². The maximum absolute atomic E-state index is 12.1. The first kappa shape index (κ1) is 13.4.